The predicted octanol–water partition coefficient (Wildman–Crippen LogP) is 4.89. The number of halogens is 1. The van der Waals surface area contributed by atoms with Crippen LogP contribution < -0.4 is 15.4 Å². The fourth-order valence-electron chi connectivity index (χ4n) is 3.87. The predicted molar refractivity (Wildman–Crippen MR) is 116 cm³/mol. The van der Waals surface area contributed by atoms with Crippen LogP contribution in [-0.2, 0) is 0 Å². The van der Waals surface area contributed by atoms with Crippen LogP contribution in [0.2, 0.25) is 5.15 Å². The van der Waals surface area contributed by atoms with Gasteiger partial charge in [-0.05, 0) is 30.3 Å². The van der Waals surface area contributed by atoms with Gasteiger partial charge in [0.1, 0.15) is 16.6 Å². The SMILES string of the molecule is CCCC1(CCC)NC(=O)c2cc(NC(=O)c3cc4cc(Cl)ncc4[nH]3)ccc2O1. The largest absolute Gasteiger partial charge is 0.467 e. The summed E-state index contributed by atoms with van der Waals surface area (Å²) in [6.45, 7) is 4.13. The molecule has 0 spiro atoms. The Morgan fingerprint density at radius 1 is 1.20 bits per heavy atom. The van der Waals surface area contributed by atoms with E-state index in [1.807, 2.05) is 0 Å². The fourth-order valence-corrected chi connectivity index (χ4v) is 4.04. The Bertz CT molecular complexity index is 1120. The second-order valence-electron chi connectivity index (χ2n) is 7.49. The van der Waals surface area contributed by atoms with E-state index in [4.69, 9.17) is 16.3 Å². The molecule has 7 nitrogen and oxygen atoms in total. The molecule has 2 amide bonds. The fraction of sp³-hybridized carbons (Fsp3) is 0.318. The highest BCUT2D eigenvalue weighted by atomic mass is 35.5. The monoisotopic (exact) mass is 426 g/mol. The molecule has 0 radical (unpaired) electrons. The molecule has 4 rings (SSSR count). The van der Waals surface area contributed by atoms with Crippen molar-refractivity contribution in [2.24, 2.45) is 0 Å². The van der Waals surface area contributed by atoms with Crippen molar-refractivity contribution in [3.8, 4) is 5.75 Å². The van der Waals surface area contributed by atoms with Crippen LogP contribution in [-0.4, -0.2) is 27.5 Å². The van der Waals surface area contributed by atoms with Crippen LogP contribution in [0.1, 0.15) is 60.4 Å². The van der Waals surface area contributed by atoms with Crippen LogP contribution in [0.4, 0.5) is 5.69 Å². The molecule has 0 atom stereocenters. The number of fused-ring (bicyclic) bond motifs is 2. The van der Waals surface area contributed by atoms with Crippen molar-refractivity contribution >= 4 is 40.0 Å². The molecule has 1 aliphatic rings. The molecule has 3 N–H and O–H groups in total. The summed E-state index contributed by atoms with van der Waals surface area (Å²) in [6.07, 6.45) is 4.85. The summed E-state index contributed by atoms with van der Waals surface area (Å²) in [4.78, 5) is 32.5. The number of carbonyl (C=O) groups is 2. The van der Waals surface area contributed by atoms with Gasteiger partial charge in [-0.2, -0.15) is 0 Å². The average molecular weight is 427 g/mol. The van der Waals surface area contributed by atoms with Crippen LogP contribution >= 0.6 is 11.6 Å². The van der Waals surface area contributed by atoms with E-state index in [0.717, 1.165) is 31.1 Å². The lowest BCUT2D eigenvalue weighted by molar-refractivity contribution is 0.00462. The topological polar surface area (TPSA) is 96.1 Å². The van der Waals surface area contributed by atoms with Crippen LogP contribution in [0.15, 0.2) is 36.5 Å². The van der Waals surface area contributed by atoms with Crippen LogP contribution in [0.5, 0.6) is 5.75 Å². The third kappa shape index (κ3) is 3.85. The number of nitrogens with zero attached hydrogens (tertiary/aromatic N) is 1. The van der Waals surface area contributed by atoms with Crippen molar-refractivity contribution in [3.05, 3.63) is 52.9 Å². The third-order valence-electron chi connectivity index (χ3n) is 5.15. The summed E-state index contributed by atoms with van der Waals surface area (Å²) in [7, 11) is 0. The summed E-state index contributed by atoms with van der Waals surface area (Å²) in [5.74, 6) is 0.0104. The molecule has 0 saturated heterocycles. The summed E-state index contributed by atoms with van der Waals surface area (Å²) >= 11 is 5.90. The van der Waals surface area contributed by atoms with Gasteiger partial charge in [0.25, 0.3) is 11.8 Å². The van der Waals surface area contributed by atoms with E-state index >= 15 is 0 Å². The van der Waals surface area contributed by atoms with Gasteiger partial charge >= 0.3 is 0 Å². The quantitative estimate of drug-likeness (QED) is 0.489. The van der Waals surface area contributed by atoms with Gasteiger partial charge in [0.2, 0.25) is 0 Å². The van der Waals surface area contributed by atoms with Crippen molar-refractivity contribution < 1.29 is 14.3 Å². The molecule has 0 saturated carbocycles. The zero-order chi connectivity index (χ0) is 21.3. The Kier molecular flexibility index (Phi) is 5.39. The number of ether oxygens (including phenoxy) is 1. The van der Waals surface area contributed by atoms with E-state index in [-0.39, 0.29) is 11.8 Å². The maximum absolute atomic E-state index is 12.8. The number of pyridine rings is 1. The van der Waals surface area contributed by atoms with Crippen molar-refractivity contribution in [1.82, 2.24) is 15.3 Å². The molecular formula is C22H23ClN4O3. The summed E-state index contributed by atoms with van der Waals surface area (Å²) in [6, 6.07) is 8.49. The van der Waals surface area contributed by atoms with Gasteiger partial charge in [-0.25, -0.2) is 4.98 Å². The molecule has 3 aromatic rings. The average Bonchev–Trinajstić information content (AvgIpc) is 3.12. The lowest BCUT2D eigenvalue weighted by Gasteiger charge is -2.39. The molecule has 8 heteroatoms. The maximum Gasteiger partial charge on any atom is 0.272 e. The molecule has 1 aliphatic heterocycles. The van der Waals surface area contributed by atoms with Gasteiger partial charge in [-0.15, -0.1) is 0 Å². The minimum Gasteiger partial charge on any atom is -0.467 e. The van der Waals surface area contributed by atoms with Gasteiger partial charge in [-0.1, -0.05) is 38.3 Å². The molecule has 0 aliphatic carbocycles. The van der Waals surface area contributed by atoms with E-state index in [0.29, 0.717) is 33.4 Å². The first-order valence-electron chi connectivity index (χ1n) is 10.0. The lowest BCUT2D eigenvalue weighted by atomic mass is 9.98. The Morgan fingerprint density at radius 3 is 2.70 bits per heavy atom. The highest BCUT2D eigenvalue weighted by Crippen LogP contribution is 2.34. The van der Waals surface area contributed by atoms with Crippen molar-refractivity contribution in [2.45, 2.75) is 45.3 Å². The van der Waals surface area contributed by atoms with Gasteiger partial charge in [0.15, 0.2) is 5.72 Å². The zero-order valence-electron chi connectivity index (χ0n) is 16.8. The second kappa shape index (κ2) is 7.99. The summed E-state index contributed by atoms with van der Waals surface area (Å²) < 4.78 is 6.20. The number of nitrogens with one attached hydrogen (secondary N) is 3. The summed E-state index contributed by atoms with van der Waals surface area (Å²) in [5.41, 5.74) is 1.33. The third-order valence-corrected chi connectivity index (χ3v) is 5.36. The number of hydrogen-bond acceptors (Lipinski definition) is 4. The van der Waals surface area contributed by atoms with Crippen molar-refractivity contribution in [3.63, 3.8) is 0 Å². The van der Waals surface area contributed by atoms with E-state index in [1.54, 1.807) is 36.5 Å². The number of carbonyl (C=O) groups excluding carboxylic acids is 2. The van der Waals surface area contributed by atoms with Crippen LogP contribution in [0, 0.1) is 0 Å². The number of benzene rings is 1. The molecule has 2 aromatic heterocycles. The van der Waals surface area contributed by atoms with Gasteiger partial charge in [0.05, 0.1) is 17.3 Å². The highest BCUT2D eigenvalue weighted by molar-refractivity contribution is 6.30. The van der Waals surface area contributed by atoms with Gasteiger partial charge < -0.3 is 20.4 Å². The molecule has 0 fully saturated rings. The first kappa shape index (κ1) is 20.2. The van der Waals surface area contributed by atoms with E-state index in [1.165, 1.54) is 0 Å². The van der Waals surface area contributed by atoms with E-state index < -0.39 is 5.72 Å². The number of aromatic nitrogens is 2. The standard InChI is InChI=1S/C22H23ClN4O3/c1-3-7-22(8-4-2)27-20(28)15-11-14(5-6-18(15)30-22)25-21(29)16-9-13-10-19(23)24-12-17(13)26-16/h5-6,9-12,26H,3-4,7-8H2,1-2H3,(H,25,29)(H,27,28). The molecule has 30 heavy (non-hydrogen) atoms. The Labute approximate surface area is 179 Å². The molecule has 3 heterocycles. The summed E-state index contributed by atoms with van der Waals surface area (Å²) in [5, 5.41) is 6.99. The number of hydrogen-bond donors (Lipinski definition) is 3. The first-order chi connectivity index (χ1) is 14.4. The molecule has 1 aromatic carbocycles. The Balaban J connectivity index is 1.56. The van der Waals surface area contributed by atoms with Crippen molar-refractivity contribution in [1.29, 1.82) is 0 Å². The van der Waals surface area contributed by atoms with Crippen LogP contribution in [0.25, 0.3) is 10.9 Å². The number of rotatable bonds is 6. The maximum atomic E-state index is 12.8. The highest BCUT2D eigenvalue weighted by Gasteiger charge is 2.38. The molecule has 156 valence electrons. The second-order valence-corrected chi connectivity index (χ2v) is 7.88. The first-order valence-corrected chi connectivity index (χ1v) is 10.4. The van der Waals surface area contributed by atoms with E-state index in [9.17, 15) is 9.59 Å². The van der Waals surface area contributed by atoms with E-state index in [2.05, 4.69) is 34.4 Å². The number of H-pyrrole nitrogens is 1. The van der Waals surface area contributed by atoms with Gasteiger partial charge in [-0.3, -0.25) is 9.59 Å². The smallest absolute Gasteiger partial charge is 0.272 e. The Morgan fingerprint density at radius 2 is 1.97 bits per heavy atom. The van der Waals surface area contributed by atoms with Gasteiger partial charge in [0, 0.05) is 23.9 Å². The molecule has 0 bridgehead atoms. The minimum atomic E-state index is -0.669. The number of amides is 2. The minimum absolute atomic E-state index is 0.194. The van der Waals surface area contributed by atoms with Crippen LogP contribution in [0.3, 0.4) is 0 Å². The molecular weight excluding hydrogens is 404 g/mol. The number of anilines is 1. The zero-order valence-corrected chi connectivity index (χ0v) is 17.6. The molecule has 0 unspecified atom stereocenters. The normalized spacial score (nSPS) is 14.7. The number of aromatic amines is 1. The lowest BCUT2D eigenvalue weighted by Crippen LogP contribution is -2.55. The van der Waals surface area contributed by atoms with Crippen molar-refractivity contribution in [2.75, 3.05) is 5.32 Å². The Hall–Kier alpha value is -3.06.